The van der Waals surface area contributed by atoms with Crippen LogP contribution in [0, 0.1) is 0 Å². The molecule has 0 fully saturated rings. The van der Waals surface area contributed by atoms with Crippen molar-refractivity contribution in [2.24, 2.45) is 0 Å². The summed E-state index contributed by atoms with van der Waals surface area (Å²) in [6.45, 7) is 0. The van der Waals surface area contributed by atoms with Gasteiger partial charge in [0, 0.05) is 35.0 Å². The molecule has 0 unspecified atom stereocenters. The maximum atomic E-state index is 13.4. The van der Waals surface area contributed by atoms with Crippen molar-refractivity contribution in [2.75, 3.05) is 7.05 Å². The molecule has 2 aromatic carbocycles. The summed E-state index contributed by atoms with van der Waals surface area (Å²) in [4.78, 5) is 24.7. The number of rotatable bonds is 4. The summed E-state index contributed by atoms with van der Waals surface area (Å²) in [6, 6.07) is 17.5. The van der Waals surface area contributed by atoms with E-state index in [4.69, 9.17) is 16.6 Å². The third kappa shape index (κ3) is 3.58. The lowest BCUT2D eigenvalue weighted by Gasteiger charge is -2.18. The second kappa shape index (κ2) is 8.08. The molecular formula is C24H17ClN4O3S. The predicted octanol–water partition coefficient (Wildman–Crippen LogP) is 4.37. The van der Waals surface area contributed by atoms with Crippen molar-refractivity contribution in [3.05, 3.63) is 88.3 Å². The van der Waals surface area contributed by atoms with Gasteiger partial charge in [0.2, 0.25) is 10.0 Å². The number of hydrogen-bond donors (Lipinski definition) is 2. The van der Waals surface area contributed by atoms with E-state index in [1.54, 1.807) is 24.4 Å². The number of aromatic amines is 1. The summed E-state index contributed by atoms with van der Waals surface area (Å²) in [7, 11) is -2.78. The summed E-state index contributed by atoms with van der Waals surface area (Å²) >= 11 is 6.54. The Labute approximate surface area is 194 Å². The molecule has 0 atom stereocenters. The third-order valence-corrected chi connectivity index (χ3v) is 7.16. The van der Waals surface area contributed by atoms with Crippen LogP contribution in [0.15, 0.2) is 82.7 Å². The summed E-state index contributed by atoms with van der Waals surface area (Å²) in [5, 5.41) is 1.06. The van der Waals surface area contributed by atoms with E-state index < -0.39 is 15.5 Å². The smallest absolute Gasteiger partial charge is 0.241 e. The minimum Gasteiger partial charge on any atom is -0.346 e. The lowest BCUT2D eigenvalue weighted by Crippen LogP contribution is -2.22. The maximum Gasteiger partial charge on any atom is 0.241 e. The molecule has 0 spiro atoms. The number of pyridine rings is 3. The molecule has 2 N–H and O–H groups in total. The average Bonchev–Trinajstić information content (AvgIpc) is 2.83. The number of halogens is 1. The van der Waals surface area contributed by atoms with Gasteiger partial charge in [0.05, 0.1) is 21.6 Å². The first-order valence-corrected chi connectivity index (χ1v) is 11.9. The number of nitrogens with zero attached hydrogens (tertiary/aromatic N) is 2. The Hall–Kier alpha value is -3.59. The molecule has 0 saturated carbocycles. The second-order valence-electron chi connectivity index (χ2n) is 7.34. The number of hydrogen-bond acceptors (Lipinski definition) is 5. The minimum atomic E-state index is -4.09. The van der Waals surface area contributed by atoms with Gasteiger partial charge >= 0.3 is 0 Å². The number of H-pyrrole nitrogens is 1. The summed E-state index contributed by atoms with van der Waals surface area (Å²) in [6.07, 6.45) is 3.08. The van der Waals surface area contributed by atoms with Gasteiger partial charge in [-0.15, -0.1) is 0 Å². The molecule has 3 heterocycles. The van der Waals surface area contributed by atoms with Crippen LogP contribution in [0.2, 0.25) is 5.02 Å². The largest absolute Gasteiger partial charge is 0.346 e. The summed E-state index contributed by atoms with van der Waals surface area (Å²) in [5.41, 5.74) is 2.19. The predicted molar refractivity (Wildman–Crippen MR) is 130 cm³/mol. The third-order valence-electron chi connectivity index (χ3n) is 5.38. The molecule has 0 aliphatic carbocycles. The molecule has 0 radical (unpaired) electrons. The van der Waals surface area contributed by atoms with Crippen LogP contribution in [0.25, 0.3) is 44.3 Å². The van der Waals surface area contributed by atoms with Crippen molar-refractivity contribution in [1.29, 1.82) is 0 Å². The summed E-state index contributed by atoms with van der Waals surface area (Å²) in [5.74, 6) is 0. The van der Waals surface area contributed by atoms with E-state index in [1.165, 1.54) is 19.3 Å². The number of aromatic nitrogens is 3. The van der Waals surface area contributed by atoms with Crippen LogP contribution in [0.4, 0.5) is 0 Å². The Balaban J connectivity index is 2.04. The van der Waals surface area contributed by atoms with Crippen molar-refractivity contribution in [2.45, 2.75) is 4.90 Å². The Bertz CT molecular complexity index is 1700. The van der Waals surface area contributed by atoms with Gasteiger partial charge in [-0.2, -0.15) is 0 Å². The molecule has 0 bridgehead atoms. The monoisotopic (exact) mass is 476 g/mol. The van der Waals surface area contributed by atoms with E-state index in [0.717, 1.165) is 5.39 Å². The SMILES string of the molecule is CNS(=O)(=O)c1c(-c2cc(Cl)c3ncccc3c2)c(-c2ccccc2)nc2[nH]ccc(=O)c12. The first kappa shape index (κ1) is 21.3. The number of fused-ring (bicyclic) bond motifs is 2. The molecule has 0 saturated heterocycles. The van der Waals surface area contributed by atoms with Gasteiger partial charge in [-0.05, 0) is 30.8 Å². The van der Waals surface area contributed by atoms with Crippen LogP contribution in [0.3, 0.4) is 0 Å². The van der Waals surface area contributed by atoms with Gasteiger partial charge in [-0.1, -0.05) is 48.0 Å². The fraction of sp³-hybridized carbons (Fsp3) is 0.0417. The molecule has 0 aliphatic rings. The summed E-state index contributed by atoms with van der Waals surface area (Å²) < 4.78 is 29.1. The zero-order chi connectivity index (χ0) is 23.2. The first-order valence-electron chi connectivity index (χ1n) is 10.00. The van der Waals surface area contributed by atoms with E-state index in [0.29, 0.717) is 27.4 Å². The fourth-order valence-corrected chi connectivity index (χ4v) is 5.34. The minimum absolute atomic E-state index is 0.0241. The van der Waals surface area contributed by atoms with Crippen molar-refractivity contribution >= 4 is 43.6 Å². The van der Waals surface area contributed by atoms with Crippen molar-refractivity contribution < 1.29 is 8.42 Å². The normalized spacial score (nSPS) is 11.8. The average molecular weight is 477 g/mol. The van der Waals surface area contributed by atoms with E-state index in [-0.39, 0.29) is 21.5 Å². The highest BCUT2D eigenvalue weighted by atomic mass is 35.5. The molecule has 0 amide bonds. The van der Waals surface area contributed by atoms with Gasteiger partial charge in [0.1, 0.15) is 10.5 Å². The molecule has 164 valence electrons. The highest BCUT2D eigenvalue weighted by Crippen LogP contribution is 2.41. The molecule has 9 heteroatoms. The molecular weight excluding hydrogens is 460 g/mol. The van der Waals surface area contributed by atoms with E-state index in [1.807, 2.05) is 36.4 Å². The van der Waals surface area contributed by atoms with Crippen LogP contribution in [-0.4, -0.2) is 30.4 Å². The number of nitrogens with one attached hydrogen (secondary N) is 2. The van der Waals surface area contributed by atoms with Gasteiger partial charge in [0.25, 0.3) is 0 Å². The van der Waals surface area contributed by atoms with Crippen LogP contribution in [-0.2, 0) is 10.0 Å². The van der Waals surface area contributed by atoms with E-state index in [9.17, 15) is 13.2 Å². The Morgan fingerprint density at radius 1 is 1.00 bits per heavy atom. The number of benzene rings is 2. The van der Waals surface area contributed by atoms with Gasteiger partial charge in [-0.3, -0.25) is 9.78 Å². The molecule has 7 nitrogen and oxygen atoms in total. The lowest BCUT2D eigenvalue weighted by atomic mass is 9.96. The van der Waals surface area contributed by atoms with Crippen molar-refractivity contribution in [1.82, 2.24) is 19.7 Å². The van der Waals surface area contributed by atoms with Crippen LogP contribution >= 0.6 is 11.6 Å². The standard InChI is InChI=1S/C24H17ClN4O3S/c1-26-33(31,32)23-19(16-12-15-8-5-10-27-21(15)17(25)13-16)22(14-6-3-2-4-7-14)29-24-20(23)18(30)9-11-28-24/h2-13,26H,1H3,(H,28,29,30). The zero-order valence-corrected chi connectivity index (χ0v) is 18.9. The fourth-order valence-electron chi connectivity index (χ4n) is 3.91. The highest BCUT2D eigenvalue weighted by Gasteiger charge is 2.28. The zero-order valence-electron chi connectivity index (χ0n) is 17.3. The Morgan fingerprint density at radius 2 is 1.79 bits per heavy atom. The van der Waals surface area contributed by atoms with Crippen molar-refractivity contribution in [3.63, 3.8) is 0 Å². The Morgan fingerprint density at radius 3 is 2.55 bits per heavy atom. The lowest BCUT2D eigenvalue weighted by molar-refractivity contribution is 0.589. The van der Waals surface area contributed by atoms with Crippen molar-refractivity contribution in [3.8, 4) is 22.4 Å². The topological polar surface area (TPSA) is 105 Å². The van der Waals surface area contributed by atoms with Gasteiger partial charge in [-0.25, -0.2) is 18.1 Å². The van der Waals surface area contributed by atoms with Crippen LogP contribution in [0.1, 0.15) is 0 Å². The first-order chi connectivity index (χ1) is 15.9. The second-order valence-corrected chi connectivity index (χ2v) is 9.57. The molecule has 5 rings (SSSR count). The van der Waals surface area contributed by atoms with Gasteiger partial charge in [0.15, 0.2) is 5.43 Å². The van der Waals surface area contributed by atoms with E-state index >= 15 is 0 Å². The molecule has 3 aromatic heterocycles. The van der Waals surface area contributed by atoms with Crippen LogP contribution < -0.4 is 10.2 Å². The number of sulfonamides is 1. The molecule has 0 aliphatic heterocycles. The van der Waals surface area contributed by atoms with Gasteiger partial charge < -0.3 is 4.98 Å². The quantitative estimate of drug-likeness (QED) is 0.401. The molecule has 5 aromatic rings. The van der Waals surface area contributed by atoms with Crippen LogP contribution in [0.5, 0.6) is 0 Å². The van der Waals surface area contributed by atoms with E-state index in [2.05, 4.69) is 14.7 Å². The Kier molecular flexibility index (Phi) is 5.20. The molecule has 33 heavy (non-hydrogen) atoms. The highest BCUT2D eigenvalue weighted by molar-refractivity contribution is 7.89. The maximum absolute atomic E-state index is 13.4.